The lowest BCUT2D eigenvalue weighted by atomic mass is 10.00. The normalized spacial score (nSPS) is 10.8. The Morgan fingerprint density at radius 3 is 2.68 bits per heavy atom. The average Bonchev–Trinajstić information content (AvgIpc) is 2.59. The predicted molar refractivity (Wildman–Crippen MR) is 79.9 cm³/mol. The molecule has 0 spiro atoms. The molecule has 1 aromatic carbocycles. The van der Waals surface area contributed by atoms with E-state index in [0.29, 0.717) is 10.7 Å². The minimum atomic E-state index is 0.0526. The smallest absolute Gasteiger partial charge is 0.167 e. The molecule has 3 nitrogen and oxygen atoms in total. The topological polar surface area (TPSA) is 34.9 Å². The van der Waals surface area contributed by atoms with E-state index in [0.717, 1.165) is 21.3 Å². The number of rotatable bonds is 3. The molecule has 0 aliphatic carbocycles. The lowest BCUT2D eigenvalue weighted by molar-refractivity contribution is 0.0992. The van der Waals surface area contributed by atoms with Crippen LogP contribution in [-0.2, 0) is 13.5 Å². The highest BCUT2D eigenvalue weighted by atomic mass is 79.9. The van der Waals surface area contributed by atoms with Crippen molar-refractivity contribution in [3.8, 4) is 0 Å². The van der Waals surface area contributed by atoms with Crippen LogP contribution in [0.2, 0.25) is 5.15 Å². The maximum atomic E-state index is 12.4. The van der Waals surface area contributed by atoms with Gasteiger partial charge in [0.15, 0.2) is 5.78 Å². The van der Waals surface area contributed by atoms with E-state index >= 15 is 0 Å². The fourth-order valence-electron chi connectivity index (χ4n) is 2.03. The average molecular weight is 342 g/mol. The van der Waals surface area contributed by atoms with E-state index < -0.39 is 0 Å². The molecule has 2 aromatic rings. The molecule has 2 rings (SSSR count). The fourth-order valence-corrected chi connectivity index (χ4v) is 2.63. The van der Waals surface area contributed by atoms with E-state index in [4.69, 9.17) is 11.6 Å². The Labute approximate surface area is 125 Å². The summed E-state index contributed by atoms with van der Waals surface area (Å²) < 4.78 is 2.49. The highest BCUT2D eigenvalue weighted by molar-refractivity contribution is 9.10. The second kappa shape index (κ2) is 5.47. The molecule has 0 saturated heterocycles. The van der Waals surface area contributed by atoms with Crippen LogP contribution in [0.3, 0.4) is 0 Å². The number of Topliss-reactive ketones (excluding diaryl/α,β-unsaturated/α-hetero) is 1. The van der Waals surface area contributed by atoms with Crippen molar-refractivity contribution >= 4 is 33.3 Å². The molecule has 0 atom stereocenters. The number of halogens is 2. The van der Waals surface area contributed by atoms with Gasteiger partial charge >= 0.3 is 0 Å². The largest absolute Gasteiger partial charge is 0.294 e. The molecule has 0 fully saturated rings. The first kappa shape index (κ1) is 14.3. The van der Waals surface area contributed by atoms with Crippen molar-refractivity contribution < 1.29 is 4.79 Å². The van der Waals surface area contributed by atoms with Crippen molar-refractivity contribution in [2.45, 2.75) is 20.3 Å². The van der Waals surface area contributed by atoms with Gasteiger partial charge in [0, 0.05) is 29.1 Å². The quantitative estimate of drug-likeness (QED) is 0.794. The molecule has 0 unspecified atom stereocenters. The molecule has 0 amide bonds. The summed E-state index contributed by atoms with van der Waals surface area (Å²) >= 11 is 9.54. The first-order valence-electron chi connectivity index (χ1n) is 5.87. The van der Waals surface area contributed by atoms with Gasteiger partial charge < -0.3 is 0 Å². The van der Waals surface area contributed by atoms with Gasteiger partial charge in [0.1, 0.15) is 5.15 Å². The van der Waals surface area contributed by atoms with E-state index in [1.54, 1.807) is 11.7 Å². The molecule has 1 aromatic heterocycles. The third-order valence-corrected chi connectivity index (χ3v) is 4.07. The second-order valence-corrected chi connectivity index (χ2v) is 5.81. The third kappa shape index (κ3) is 2.90. The van der Waals surface area contributed by atoms with E-state index in [9.17, 15) is 4.79 Å². The zero-order valence-corrected chi connectivity index (χ0v) is 13.3. The number of hydrogen-bond acceptors (Lipinski definition) is 2. The lowest BCUT2D eigenvalue weighted by Gasteiger charge is -2.06. The number of aromatic nitrogens is 2. The van der Waals surface area contributed by atoms with E-state index in [1.807, 2.05) is 32.0 Å². The molecule has 0 radical (unpaired) electrons. The van der Waals surface area contributed by atoms with Crippen LogP contribution in [0.1, 0.15) is 27.2 Å². The highest BCUT2D eigenvalue weighted by Gasteiger charge is 2.17. The molecular formula is C14H14BrClN2O. The fraction of sp³-hybridized carbons (Fsp3) is 0.286. The zero-order valence-electron chi connectivity index (χ0n) is 11.0. The van der Waals surface area contributed by atoms with Crippen LogP contribution < -0.4 is 0 Å². The second-order valence-electron chi connectivity index (χ2n) is 4.54. The molecule has 0 aliphatic heterocycles. The lowest BCUT2D eigenvalue weighted by Crippen LogP contribution is -2.06. The Balaban J connectivity index is 2.33. The van der Waals surface area contributed by atoms with Gasteiger partial charge in [-0.15, -0.1) is 0 Å². The predicted octanol–water partition coefficient (Wildman–Crippen LogP) is 3.88. The first-order chi connectivity index (χ1) is 8.90. The molecular weight excluding hydrogens is 328 g/mol. The van der Waals surface area contributed by atoms with Gasteiger partial charge in [0.05, 0.1) is 5.69 Å². The van der Waals surface area contributed by atoms with Crippen molar-refractivity contribution in [1.29, 1.82) is 0 Å². The molecule has 19 heavy (non-hydrogen) atoms. The Morgan fingerprint density at radius 2 is 2.11 bits per heavy atom. The molecule has 0 aliphatic rings. The molecule has 1 heterocycles. The Kier molecular flexibility index (Phi) is 4.11. The van der Waals surface area contributed by atoms with Crippen molar-refractivity contribution in [2.24, 2.45) is 7.05 Å². The molecule has 0 bridgehead atoms. The number of ketones is 1. The van der Waals surface area contributed by atoms with Crippen molar-refractivity contribution in [2.75, 3.05) is 0 Å². The maximum absolute atomic E-state index is 12.4. The molecule has 5 heteroatoms. The van der Waals surface area contributed by atoms with Gasteiger partial charge in [0.2, 0.25) is 0 Å². The van der Waals surface area contributed by atoms with Crippen LogP contribution in [-0.4, -0.2) is 15.6 Å². The Morgan fingerprint density at radius 1 is 1.42 bits per heavy atom. The summed E-state index contributed by atoms with van der Waals surface area (Å²) in [5.74, 6) is 0.0526. The number of benzene rings is 1. The van der Waals surface area contributed by atoms with Crippen LogP contribution in [0, 0.1) is 13.8 Å². The molecule has 0 saturated carbocycles. The monoisotopic (exact) mass is 340 g/mol. The van der Waals surface area contributed by atoms with Crippen LogP contribution in [0.5, 0.6) is 0 Å². The van der Waals surface area contributed by atoms with Crippen LogP contribution in [0.4, 0.5) is 0 Å². The summed E-state index contributed by atoms with van der Waals surface area (Å²) in [6, 6.07) is 5.70. The van der Waals surface area contributed by atoms with Gasteiger partial charge in [-0.2, -0.15) is 5.10 Å². The summed E-state index contributed by atoms with van der Waals surface area (Å²) in [5.41, 5.74) is 3.28. The summed E-state index contributed by atoms with van der Waals surface area (Å²) in [5, 5.41) is 4.75. The third-order valence-electron chi connectivity index (χ3n) is 3.11. The minimum Gasteiger partial charge on any atom is -0.294 e. The minimum absolute atomic E-state index is 0.0526. The number of hydrogen-bond donors (Lipinski definition) is 0. The summed E-state index contributed by atoms with van der Waals surface area (Å²) in [4.78, 5) is 12.4. The van der Waals surface area contributed by atoms with Gasteiger partial charge in [-0.25, -0.2) is 0 Å². The number of carbonyl (C=O) groups is 1. The first-order valence-corrected chi connectivity index (χ1v) is 7.04. The van der Waals surface area contributed by atoms with Gasteiger partial charge in [0.25, 0.3) is 0 Å². The number of nitrogens with zero attached hydrogens (tertiary/aromatic N) is 2. The number of carbonyl (C=O) groups excluding carboxylic acids is 1. The summed E-state index contributed by atoms with van der Waals surface area (Å²) in [7, 11) is 1.77. The standard InChI is InChI=1S/C14H14BrClN2O/c1-8-4-5-10(15)6-11(8)13(19)7-12-9(2)17-18(3)14(12)16/h4-6H,7H2,1-3H3. The Bertz CT molecular complexity index is 649. The Hall–Kier alpha value is -1.13. The van der Waals surface area contributed by atoms with Crippen molar-refractivity contribution in [1.82, 2.24) is 9.78 Å². The highest BCUT2D eigenvalue weighted by Crippen LogP contribution is 2.23. The van der Waals surface area contributed by atoms with Crippen LogP contribution in [0.15, 0.2) is 22.7 Å². The summed E-state index contributed by atoms with van der Waals surface area (Å²) in [6.07, 6.45) is 0.274. The van der Waals surface area contributed by atoms with Crippen molar-refractivity contribution in [3.05, 3.63) is 50.2 Å². The van der Waals surface area contributed by atoms with E-state index in [-0.39, 0.29) is 12.2 Å². The van der Waals surface area contributed by atoms with Crippen molar-refractivity contribution in [3.63, 3.8) is 0 Å². The maximum Gasteiger partial charge on any atom is 0.167 e. The summed E-state index contributed by atoms with van der Waals surface area (Å²) in [6.45, 7) is 3.79. The number of aryl methyl sites for hydroxylation is 3. The molecule has 0 N–H and O–H groups in total. The molecule has 100 valence electrons. The van der Waals surface area contributed by atoms with E-state index in [1.165, 1.54) is 0 Å². The van der Waals surface area contributed by atoms with Crippen LogP contribution in [0.25, 0.3) is 0 Å². The van der Waals surface area contributed by atoms with Gasteiger partial charge in [-0.05, 0) is 31.5 Å². The van der Waals surface area contributed by atoms with Gasteiger partial charge in [-0.1, -0.05) is 33.6 Å². The zero-order chi connectivity index (χ0) is 14.2. The van der Waals surface area contributed by atoms with Crippen LogP contribution >= 0.6 is 27.5 Å². The van der Waals surface area contributed by atoms with Gasteiger partial charge in [-0.3, -0.25) is 9.48 Å². The SMILES string of the molecule is Cc1ccc(Br)cc1C(=O)Cc1c(C)nn(C)c1Cl. The van der Waals surface area contributed by atoms with E-state index in [2.05, 4.69) is 21.0 Å².